The largest absolute Gasteiger partial charge is 0.481 e. The van der Waals surface area contributed by atoms with Crippen molar-refractivity contribution in [2.24, 2.45) is 0 Å². The van der Waals surface area contributed by atoms with Crippen LogP contribution in [0.3, 0.4) is 0 Å². The molecule has 3 N–H and O–H groups in total. The summed E-state index contributed by atoms with van der Waals surface area (Å²) in [4.78, 5) is 20.9. The molecular weight excluding hydrogens is 172 g/mol. The number of aliphatic carboxylic acids is 1. The Hall–Kier alpha value is -1.10. The molecule has 0 aliphatic carbocycles. The van der Waals surface area contributed by atoms with Gasteiger partial charge in [-0.3, -0.25) is 9.59 Å². The number of amides is 1. The number of carboxylic acid groups (broad SMARTS) is 1. The van der Waals surface area contributed by atoms with Crippen molar-refractivity contribution < 1.29 is 14.7 Å². The molecular formula is C8H14N2O3. The van der Waals surface area contributed by atoms with E-state index in [-0.39, 0.29) is 12.5 Å². The van der Waals surface area contributed by atoms with E-state index in [4.69, 9.17) is 5.11 Å². The molecule has 0 radical (unpaired) electrons. The minimum absolute atomic E-state index is 0.0247. The first-order valence-electron chi connectivity index (χ1n) is 4.24. The van der Waals surface area contributed by atoms with Crippen LogP contribution in [0.4, 0.5) is 0 Å². The predicted octanol–water partition coefficient (Wildman–Crippen LogP) is -0.672. The molecule has 13 heavy (non-hydrogen) atoms. The Bertz CT molecular complexity index is 219. The van der Waals surface area contributed by atoms with E-state index in [0.717, 1.165) is 0 Å². The van der Waals surface area contributed by atoms with Crippen molar-refractivity contribution in [3.63, 3.8) is 0 Å². The number of hydrogen-bond donors (Lipinski definition) is 3. The summed E-state index contributed by atoms with van der Waals surface area (Å²) in [6.45, 7) is 2.50. The highest BCUT2D eigenvalue weighted by atomic mass is 16.4. The standard InChI is InChI=1S/C8H14N2O3/c1-6-2-8(4-9-6,10-5-11)3-7(12)13/h5-6,9H,2-4H2,1H3,(H,10,11)(H,12,13). The molecule has 0 aromatic rings. The maximum atomic E-state index is 10.6. The molecule has 1 saturated heterocycles. The zero-order chi connectivity index (χ0) is 9.90. The van der Waals surface area contributed by atoms with Crippen LogP contribution in [-0.4, -0.2) is 35.6 Å². The summed E-state index contributed by atoms with van der Waals surface area (Å²) in [7, 11) is 0. The minimum atomic E-state index is -0.884. The van der Waals surface area contributed by atoms with E-state index in [2.05, 4.69) is 10.6 Å². The van der Waals surface area contributed by atoms with Crippen LogP contribution in [0, 0.1) is 0 Å². The lowest BCUT2D eigenvalue weighted by molar-refractivity contribution is -0.138. The van der Waals surface area contributed by atoms with E-state index in [0.29, 0.717) is 19.4 Å². The molecule has 1 aliphatic rings. The van der Waals surface area contributed by atoms with Gasteiger partial charge in [0, 0.05) is 12.6 Å². The fourth-order valence-electron chi connectivity index (χ4n) is 1.81. The van der Waals surface area contributed by atoms with Crippen LogP contribution < -0.4 is 10.6 Å². The van der Waals surface area contributed by atoms with Crippen molar-refractivity contribution in [3.05, 3.63) is 0 Å². The molecule has 1 fully saturated rings. The lowest BCUT2D eigenvalue weighted by Gasteiger charge is -2.25. The average molecular weight is 186 g/mol. The number of hydrogen-bond acceptors (Lipinski definition) is 3. The van der Waals surface area contributed by atoms with Crippen molar-refractivity contribution >= 4 is 12.4 Å². The normalized spacial score (nSPS) is 32.8. The van der Waals surface area contributed by atoms with Crippen LogP contribution >= 0.6 is 0 Å². The minimum Gasteiger partial charge on any atom is -0.481 e. The van der Waals surface area contributed by atoms with Crippen LogP contribution in [0.1, 0.15) is 19.8 Å². The molecule has 1 amide bonds. The Balaban J connectivity index is 2.64. The molecule has 5 nitrogen and oxygen atoms in total. The number of carboxylic acids is 1. The van der Waals surface area contributed by atoms with Gasteiger partial charge >= 0.3 is 5.97 Å². The predicted molar refractivity (Wildman–Crippen MR) is 46.3 cm³/mol. The third kappa shape index (κ3) is 2.42. The Morgan fingerprint density at radius 1 is 1.85 bits per heavy atom. The molecule has 0 aromatic carbocycles. The molecule has 1 aliphatic heterocycles. The molecule has 0 aromatic heterocycles. The SMILES string of the molecule is CC1CC(CC(=O)O)(NC=O)CN1. The van der Waals surface area contributed by atoms with Gasteiger partial charge in [0.05, 0.1) is 12.0 Å². The molecule has 74 valence electrons. The van der Waals surface area contributed by atoms with Crippen LogP contribution in [0.2, 0.25) is 0 Å². The van der Waals surface area contributed by atoms with E-state index >= 15 is 0 Å². The number of carbonyl (C=O) groups excluding carboxylic acids is 1. The molecule has 1 rings (SSSR count). The van der Waals surface area contributed by atoms with E-state index in [1.54, 1.807) is 0 Å². The first-order valence-corrected chi connectivity index (χ1v) is 4.24. The summed E-state index contributed by atoms with van der Waals surface area (Å²) in [6.07, 6.45) is 1.21. The Labute approximate surface area is 76.5 Å². The zero-order valence-electron chi connectivity index (χ0n) is 7.54. The lowest BCUT2D eigenvalue weighted by atomic mass is 9.92. The topological polar surface area (TPSA) is 78.4 Å². The van der Waals surface area contributed by atoms with Gasteiger partial charge in [-0.25, -0.2) is 0 Å². The summed E-state index contributed by atoms with van der Waals surface area (Å²) in [6, 6.07) is 0.256. The van der Waals surface area contributed by atoms with Crippen molar-refractivity contribution in [2.75, 3.05) is 6.54 Å². The highest BCUT2D eigenvalue weighted by Gasteiger charge is 2.38. The molecule has 0 bridgehead atoms. The summed E-state index contributed by atoms with van der Waals surface area (Å²) < 4.78 is 0. The lowest BCUT2D eigenvalue weighted by Crippen LogP contribution is -2.48. The monoisotopic (exact) mass is 186 g/mol. The Morgan fingerprint density at radius 3 is 2.92 bits per heavy atom. The molecule has 2 atom stereocenters. The highest BCUT2D eigenvalue weighted by molar-refractivity contribution is 5.69. The van der Waals surface area contributed by atoms with Crippen molar-refractivity contribution in [2.45, 2.75) is 31.3 Å². The quantitative estimate of drug-likeness (QED) is 0.509. The van der Waals surface area contributed by atoms with Crippen LogP contribution in [0.5, 0.6) is 0 Å². The van der Waals surface area contributed by atoms with Gasteiger partial charge in [-0.05, 0) is 13.3 Å². The van der Waals surface area contributed by atoms with E-state index < -0.39 is 11.5 Å². The second-order valence-electron chi connectivity index (χ2n) is 3.60. The van der Waals surface area contributed by atoms with Gasteiger partial charge in [0.1, 0.15) is 0 Å². The van der Waals surface area contributed by atoms with E-state index in [9.17, 15) is 9.59 Å². The maximum Gasteiger partial charge on any atom is 0.305 e. The smallest absolute Gasteiger partial charge is 0.305 e. The summed E-state index contributed by atoms with van der Waals surface area (Å²) >= 11 is 0. The second kappa shape index (κ2) is 3.74. The fraction of sp³-hybridized carbons (Fsp3) is 0.750. The maximum absolute atomic E-state index is 10.6. The van der Waals surface area contributed by atoms with E-state index in [1.165, 1.54) is 0 Å². The van der Waals surface area contributed by atoms with Gasteiger partial charge in [0.25, 0.3) is 0 Å². The fourth-order valence-corrected chi connectivity index (χ4v) is 1.81. The first-order chi connectivity index (χ1) is 6.08. The van der Waals surface area contributed by atoms with Crippen molar-refractivity contribution in [1.29, 1.82) is 0 Å². The molecule has 0 spiro atoms. The number of rotatable bonds is 4. The number of carbonyl (C=O) groups is 2. The third-order valence-electron chi connectivity index (χ3n) is 2.34. The third-order valence-corrected chi connectivity index (χ3v) is 2.34. The van der Waals surface area contributed by atoms with Crippen LogP contribution in [-0.2, 0) is 9.59 Å². The summed E-state index contributed by atoms with van der Waals surface area (Å²) in [5, 5.41) is 14.4. The van der Waals surface area contributed by atoms with E-state index in [1.807, 2.05) is 6.92 Å². The van der Waals surface area contributed by atoms with Crippen LogP contribution in [0.25, 0.3) is 0 Å². The van der Waals surface area contributed by atoms with Gasteiger partial charge in [0.2, 0.25) is 6.41 Å². The van der Waals surface area contributed by atoms with Gasteiger partial charge in [-0.1, -0.05) is 0 Å². The van der Waals surface area contributed by atoms with Crippen molar-refractivity contribution in [3.8, 4) is 0 Å². The zero-order valence-corrected chi connectivity index (χ0v) is 7.54. The van der Waals surface area contributed by atoms with Gasteiger partial charge < -0.3 is 15.7 Å². The molecule has 2 unspecified atom stereocenters. The molecule has 1 heterocycles. The Kier molecular flexibility index (Phi) is 2.87. The molecule has 0 saturated carbocycles. The highest BCUT2D eigenvalue weighted by Crippen LogP contribution is 2.22. The summed E-state index contributed by atoms with van der Waals surface area (Å²) in [5.41, 5.74) is -0.590. The van der Waals surface area contributed by atoms with Gasteiger partial charge in [-0.15, -0.1) is 0 Å². The van der Waals surface area contributed by atoms with Gasteiger partial charge in [-0.2, -0.15) is 0 Å². The number of nitrogens with one attached hydrogen (secondary N) is 2. The summed E-state index contributed by atoms with van der Waals surface area (Å²) in [5.74, 6) is -0.884. The Morgan fingerprint density at radius 2 is 2.54 bits per heavy atom. The first kappa shape index (κ1) is 9.98. The van der Waals surface area contributed by atoms with Crippen LogP contribution in [0.15, 0.2) is 0 Å². The van der Waals surface area contributed by atoms with Crippen molar-refractivity contribution in [1.82, 2.24) is 10.6 Å². The average Bonchev–Trinajstić information content (AvgIpc) is 2.31. The van der Waals surface area contributed by atoms with Gasteiger partial charge in [0.15, 0.2) is 0 Å². The molecule has 5 heteroatoms. The second-order valence-corrected chi connectivity index (χ2v) is 3.60.